The van der Waals surface area contributed by atoms with E-state index in [-0.39, 0.29) is 11.9 Å². The predicted octanol–water partition coefficient (Wildman–Crippen LogP) is 3.01. The largest absolute Gasteiger partial charge is 0.344 e. The molecule has 0 aliphatic heterocycles. The molecule has 0 aliphatic carbocycles. The zero-order chi connectivity index (χ0) is 12.5. The Kier molecular flexibility index (Phi) is 6.00. The number of carbonyl (C=O) groups excluding carboxylic acids is 1. The van der Waals surface area contributed by atoms with Crippen molar-refractivity contribution in [3.63, 3.8) is 0 Å². The summed E-state index contributed by atoms with van der Waals surface area (Å²) >= 11 is 0. The van der Waals surface area contributed by atoms with E-state index in [2.05, 4.69) is 23.8 Å². The van der Waals surface area contributed by atoms with Gasteiger partial charge in [0.1, 0.15) is 0 Å². The van der Waals surface area contributed by atoms with Gasteiger partial charge in [0.15, 0.2) is 0 Å². The molecule has 1 amide bonds. The van der Waals surface area contributed by atoms with Crippen molar-refractivity contribution in [2.24, 2.45) is 0 Å². The third-order valence-electron chi connectivity index (χ3n) is 2.57. The second-order valence-corrected chi connectivity index (χ2v) is 3.99. The quantitative estimate of drug-likeness (QED) is 0.580. The van der Waals surface area contributed by atoms with E-state index in [4.69, 9.17) is 0 Å². The Morgan fingerprint density at radius 2 is 2.35 bits per heavy atom. The third kappa shape index (κ3) is 4.81. The molecule has 3 heteroatoms. The molecule has 1 heterocycles. The van der Waals surface area contributed by atoms with Crippen LogP contribution in [0.5, 0.6) is 0 Å². The van der Waals surface area contributed by atoms with Crippen LogP contribution in [0.25, 0.3) is 0 Å². The zero-order valence-corrected chi connectivity index (χ0v) is 10.4. The number of carbonyl (C=O) groups is 1. The molecule has 1 N–H and O–H groups in total. The molecule has 1 unspecified atom stereocenters. The third-order valence-corrected chi connectivity index (χ3v) is 2.57. The summed E-state index contributed by atoms with van der Waals surface area (Å²) in [6.45, 7) is 5.86. The van der Waals surface area contributed by atoms with Crippen LogP contribution >= 0.6 is 0 Å². The van der Waals surface area contributed by atoms with Gasteiger partial charge in [-0.25, -0.2) is 0 Å². The SMILES string of the molecule is C=CC(NC(=O)CCCCC)c1ccccn1. The molecule has 3 nitrogen and oxygen atoms in total. The second kappa shape index (κ2) is 7.60. The van der Waals surface area contributed by atoms with Gasteiger partial charge in [0.25, 0.3) is 0 Å². The molecule has 0 aromatic carbocycles. The van der Waals surface area contributed by atoms with Crippen molar-refractivity contribution in [1.29, 1.82) is 0 Å². The van der Waals surface area contributed by atoms with E-state index in [1.807, 2.05) is 18.2 Å². The number of hydrogen-bond donors (Lipinski definition) is 1. The van der Waals surface area contributed by atoms with Crippen molar-refractivity contribution in [2.75, 3.05) is 0 Å². The average Bonchev–Trinajstić information content (AvgIpc) is 2.37. The Bertz CT molecular complexity index is 348. The van der Waals surface area contributed by atoms with Gasteiger partial charge in [0.05, 0.1) is 11.7 Å². The Balaban J connectivity index is 2.47. The van der Waals surface area contributed by atoms with Gasteiger partial charge in [0, 0.05) is 12.6 Å². The van der Waals surface area contributed by atoms with E-state index in [0.29, 0.717) is 6.42 Å². The van der Waals surface area contributed by atoms with Crippen LogP contribution in [0.3, 0.4) is 0 Å². The molecule has 1 aromatic heterocycles. The second-order valence-electron chi connectivity index (χ2n) is 3.99. The first-order chi connectivity index (χ1) is 8.27. The maximum absolute atomic E-state index is 11.7. The number of nitrogens with one attached hydrogen (secondary N) is 1. The molecule has 17 heavy (non-hydrogen) atoms. The van der Waals surface area contributed by atoms with Crippen molar-refractivity contribution in [3.8, 4) is 0 Å². The van der Waals surface area contributed by atoms with Gasteiger partial charge in [-0.3, -0.25) is 9.78 Å². The summed E-state index contributed by atoms with van der Waals surface area (Å²) in [5.74, 6) is 0.0639. The highest BCUT2D eigenvalue weighted by Crippen LogP contribution is 2.11. The standard InChI is InChI=1S/C14H20N2O/c1-3-5-6-10-14(17)16-12(4-2)13-9-7-8-11-15-13/h4,7-9,11-12H,2-3,5-6,10H2,1H3,(H,16,17). The first-order valence-corrected chi connectivity index (χ1v) is 6.10. The Labute approximate surface area is 103 Å². The van der Waals surface area contributed by atoms with Gasteiger partial charge < -0.3 is 5.32 Å². The molecule has 0 saturated heterocycles. The fraction of sp³-hybridized carbons (Fsp3) is 0.429. The molecule has 92 valence electrons. The monoisotopic (exact) mass is 232 g/mol. The van der Waals surface area contributed by atoms with E-state index in [9.17, 15) is 4.79 Å². The van der Waals surface area contributed by atoms with Crippen molar-refractivity contribution in [2.45, 2.75) is 38.6 Å². The number of hydrogen-bond acceptors (Lipinski definition) is 2. The summed E-state index contributed by atoms with van der Waals surface area (Å²) in [6, 6.07) is 5.46. The van der Waals surface area contributed by atoms with Crippen LogP contribution < -0.4 is 5.32 Å². The zero-order valence-electron chi connectivity index (χ0n) is 10.4. The number of amides is 1. The lowest BCUT2D eigenvalue weighted by atomic mass is 10.1. The summed E-state index contributed by atoms with van der Waals surface area (Å²) in [6.07, 6.45) is 7.16. The number of aromatic nitrogens is 1. The summed E-state index contributed by atoms with van der Waals surface area (Å²) in [5.41, 5.74) is 0.825. The maximum Gasteiger partial charge on any atom is 0.220 e. The summed E-state index contributed by atoms with van der Waals surface area (Å²) in [5, 5.41) is 2.92. The molecule has 0 saturated carbocycles. The van der Waals surface area contributed by atoms with Crippen molar-refractivity contribution < 1.29 is 4.79 Å². The highest BCUT2D eigenvalue weighted by Gasteiger charge is 2.11. The van der Waals surface area contributed by atoms with Gasteiger partial charge in [-0.15, -0.1) is 6.58 Å². The lowest BCUT2D eigenvalue weighted by Gasteiger charge is -2.14. The van der Waals surface area contributed by atoms with Crippen LogP contribution in [0.15, 0.2) is 37.1 Å². The number of nitrogens with zero attached hydrogens (tertiary/aromatic N) is 1. The number of rotatable bonds is 7. The first-order valence-electron chi connectivity index (χ1n) is 6.10. The minimum absolute atomic E-state index is 0.0639. The molecule has 1 aromatic rings. The molecule has 0 spiro atoms. The van der Waals surface area contributed by atoms with Crippen molar-refractivity contribution in [1.82, 2.24) is 10.3 Å². The van der Waals surface area contributed by atoms with Crippen LogP contribution in [-0.4, -0.2) is 10.9 Å². The fourth-order valence-corrected chi connectivity index (χ4v) is 1.59. The topological polar surface area (TPSA) is 42.0 Å². The number of unbranched alkanes of at least 4 members (excludes halogenated alkanes) is 2. The number of pyridine rings is 1. The van der Waals surface area contributed by atoms with E-state index in [1.54, 1.807) is 12.3 Å². The minimum Gasteiger partial charge on any atom is -0.344 e. The van der Waals surface area contributed by atoms with Crippen molar-refractivity contribution >= 4 is 5.91 Å². The fourth-order valence-electron chi connectivity index (χ4n) is 1.59. The van der Waals surface area contributed by atoms with Crippen LogP contribution in [0, 0.1) is 0 Å². The highest BCUT2D eigenvalue weighted by atomic mass is 16.1. The molecular formula is C14H20N2O. The van der Waals surface area contributed by atoms with Crippen LogP contribution in [0.4, 0.5) is 0 Å². The van der Waals surface area contributed by atoms with E-state index >= 15 is 0 Å². The van der Waals surface area contributed by atoms with Gasteiger partial charge in [-0.1, -0.05) is 31.9 Å². The highest BCUT2D eigenvalue weighted by molar-refractivity contribution is 5.76. The van der Waals surface area contributed by atoms with Crippen molar-refractivity contribution in [3.05, 3.63) is 42.7 Å². The van der Waals surface area contributed by atoms with Crippen LogP contribution in [0.2, 0.25) is 0 Å². The van der Waals surface area contributed by atoms with Gasteiger partial charge >= 0.3 is 0 Å². The van der Waals surface area contributed by atoms with E-state index < -0.39 is 0 Å². The lowest BCUT2D eigenvalue weighted by molar-refractivity contribution is -0.121. The Morgan fingerprint density at radius 1 is 1.53 bits per heavy atom. The van der Waals surface area contributed by atoms with Gasteiger partial charge in [-0.05, 0) is 18.6 Å². The van der Waals surface area contributed by atoms with Gasteiger partial charge in [-0.2, -0.15) is 0 Å². The van der Waals surface area contributed by atoms with E-state index in [0.717, 1.165) is 25.0 Å². The first kappa shape index (κ1) is 13.4. The molecule has 0 aliphatic rings. The summed E-state index contributed by atoms with van der Waals surface area (Å²) in [7, 11) is 0. The average molecular weight is 232 g/mol. The van der Waals surface area contributed by atoms with Crippen LogP contribution in [0.1, 0.15) is 44.3 Å². The summed E-state index contributed by atoms with van der Waals surface area (Å²) < 4.78 is 0. The predicted molar refractivity (Wildman–Crippen MR) is 69.5 cm³/mol. The normalized spacial score (nSPS) is 11.8. The summed E-state index contributed by atoms with van der Waals surface area (Å²) in [4.78, 5) is 15.9. The molecule has 0 bridgehead atoms. The van der Waals surface area contributed by atoms with Crippen LogP contribution in [-0.2, 0) is 4.79 Å². The minimum atomic E-state index is -0.190. The Hall–Kier alpha value is -1.64. The molecule has 0 fully saturated rings. The molecule has 1 rings (SSSR count). The molecule has 1 atom stereocenters. The lowest BCUT2D eigenvalue weighted by Crippen LogP contribution is -2.27. The maximum atomic E-state index is 11.7. The Morgan fingerprint density at radius 3 is 2.94 bits per heavy atom. The van der Waals surface area contributed by atoms with Gasteiger partial charge in [0.2, 0.25) is 5.91 Å². The molecular weight excluding hydrogens is 212 g/mol. The smallest absolute Gasteiger partial charge is 0.220 e. The molecule has 0 radical (unpaired) electrons. The van der Waals surface area contributed by atoms with E-state index in [1.165, 1.54) is 0 Å².